The van der Waals surface area contributed by atoms with Gasteiger partial charge in [0.2, 0.25) is 5.91 Å². The third kappa shape index (κ3) is 5.31. The van der Waals surface area contributed by atoms with Crippen molar-refractivity contribution in [3.05, 3.63) is 83.9 Å². The van der Waals surface area contributed by atoms with Crippen LogP contribution in [0.15, 0.2) is 67.0 Å². The molecule has 0 saturated carbocycles. The van der Waals surface area contributed by atoms with Gasteiger partial charge in [0.15, 0.2) is 0 Å². The minimum atomic E-state index is 0.277. The van der Waals surface area contributed by atoms with Gasteiger partial charge in [-0.3, -0.25) is 4.79 Å². The first-order valence-corrected chi connectivity index (χ1v) is 10.5. The minimum absolute atomic E-state index is 0.277. The molecule has 2 aromatic carbocycles. The summed E-state index contributed by atoms with van der Waals surface area (Å²) in [7, 11) is 0. The lowest BCUT2D eigenvalue weighted by atomic mass is 9.93. The van der Waals surface area contributed by atoms with Crippen LogP contribution in [0.1, 0.15) is 36.2 Å². The summed E-state index contributed by atoms with van der Waals surface area (Å²) >= 11 is 0. The number of piperidine rings is 1. The van der Waals surface area contributed by atoms with E-state index in [-0.39, 0.29) is 5.91 Å². The molecule has 1 saturated heterocycles. The van der Waals surface area contributed by atoms with Crippen LogP contribution in [-0.4, -0.2) is 38.7 Å². The van der Waals surface area contributed by atoms with Gasteiger partial charge in [0, 0.05) is 25.9 Å². The maximum atomic E-state index is 12.6. The van der Waals surface area contributed by atoms with E-state index in [0.29, 0.717) is 12.3 Å². The fourth-order valence-electron chi connectivity index (χ4n) is 4.05. The van der Waals surface area contributed by atoms with E-state index in [2.05, 4.69) is 51.2 Å². The van der Waals surface area contributed by atoms with Crippen molar-refractivity contribution in [2.24, 2.45) is 5.92 Å². The van der Waals surface area contributed by atoms with Crippen LogP contribution in [0.4, 0.5) is 0 Å². The molecule has 4 rings (SSSR count). The van der Waals surface area contributed by atoms with Gasteiger partial charge in [0.1, 0.15) is 12.2 Å². The Morgan fingerprint density at radius 2 is 1.59 bits per heavy atom. The SMILES string of the molecule is O=C(CCc1ccccc1)N1CCC(Cc2nncn2Cc2ccccc2)CC1. The van der Waals surface area contributed by atoms with Gasteiger partial charge in [-0.15, -0.1) is 10.2 Å². The fourth-order valence-corrected chi connectivity index (χ4v) is 4.05. The van der Waals surface area contributed by atoms with Gasteiger partial charge in [0.05, 0.1) is 6.54 Å². The van der Waals surface area contributed by atoms with E-state index >= 15 is 0 Å². The number of likely N-dealkylation sites (tertiary alicyclic amines) is 1. The zero-order valence-corrected chi connectivity index (χ0v) is 16.8. The van der Waals surface area contributed by atoms with Crippen LogP contribution in [-0.2, 0) is 24.2 Å². The van der Waals surface area contributed by atoms with Crippen molar-refractivity contribution in [2.75, 3.05) is 13.1 Å². The number of hydrogen-bond donors (Lipinski definition) is 0. The molecule has 0 bridgehead atoms. The van der Waals surface area contributed by atoms with Crippen molar-refractivity contribution in [3.63, 3.8) is 0 Å². The van der Waals surface area contributed by atoms with E-state index in [4.69, 9.17) is 0 Å². The van der Waals surface area contributed by atoms with Crippen molar-refractivity contribution < 1.29 is 4.79 Å². The summed E-state index contributed by atoms with van der Waals surface area (Å²) in [4.78, 5) is 14.6. The first kappa shape index (κ1) is 19.4. The first-order valence-electron chi connectivity index (χ1n) is 10.5. The Kier molecular flexibility index (Phi) is 6.35. The summed E-state index contributed by atoms with van der Waals surface area (Å²) in [5.74, 6) is 1.88. The molecule has 150 valence electrons. The Hall–Kier alpha value is -2.95. The number of carbonyl (C=O) groups excluding carboxylic acids is 1. The van der Waals surface area contributed by atoms with E-state index in [9.17, 15) is 4.79 Å². The highest BCUT2D eigenvalue weighted by atomic mass is 16.2. The summed E-state index contributed by atoms with van der Waals surface area (Å²) in [6, 6.07) is 20.7. The average molecular weight is 389 g/mol. The topological polar surface area (TPSA) is 51.0 Å². The van der Waals surface area contributed by atoms with Gasteiger partial charge >= 0.3 is 0 Å². The highest BCUT2D eigenvalue weighted by Gasteiger charge is 2.24. The van der Waals surface area contributed by atoms with Crippen LogP contribution < -0.4 is 0 Å². The van der Waals surface area contributed by atoms with Crippen LogP contribution >= 0.6 is 0 Å². The number of aromatic nitrogens is 3. The quantitative estimate of drug-likeness (QED) is 0.620. The summed E-state index contributed by atoms with van der Waals surface area (Å²) < 4.78 is 2.15. The van der Waals surface area contributed by atoms with Crippen molar-refractivity contribution in [2.45, 2.75) is 38.6 Å². The predicted octanol–water partition coefficient (Wildman–Crippen LogP) is 3.74. The molecule has 5 heteroatoms. The molecule has 0 atom stereocenters. The Morgan fingerprint density at radius 1 is 0.931 bits per heavy atom. The number of rotatable bonds is 7. The lowest BCUT2D eigenvalue weighted by molar-refractivity contribution is -0.132. The molecule has 1 amide bonds. The zero-order valence-electron chi connectivity index (χ0n) is 16.8. The number of amides is 1. The number of hydrogen-bond acceptors (Lipinski definition) is 3. The number of carbonyl (C=O) groups is 1. The number of benzene rings is 2. The molecule has 5 nitrogen and oxygen atoms in total. The molecule has 1 aliphatic heterocycles. The minimum Gasteiger partial charge on any atom is -0.343 e. The molecule has 1 aromatic heterocycles. The lowest BCUT2D eigenvalue weighted by Gasteiger charge is -2.32. The summed E-state index contributed by atoms with van der Waals surface area (Å²) in [5.41, 5.74) is 2.49. The van der Waals surface area contributed by atoms with E-state index in [1.807, 2.05) is 35.5 Å². The van der Waals surface area contributed by atoms with Gasteiger partial charge < -0.3 is 9.47 Å². The van der Waals surface area contributed by atoms with Crippen LogP contribution in [0.2, 0.25) is 0 Å². The molecule has 29 heavy (non-hydrogen) atoms. The van der Waals surface area contributed by atoms with Crippen molar-refractivity contribution in [1.29, 1.82) is 0 Å². The fraction of sp³-hybridized carbons (Fsp3) is 0.375. The molecule has 0 radical (unpaired) electrons. The zero-order chi connectivity index (χ0) is 19.9. The second-order valence-corrected chi connectivity index (χ2v) is 7.87. The van der Waals surface area contributed by atoms with Crippen molar-refractivity contribution >= 4 is 5.91 Å². The molecule has 3 aromatic rings. The first-order chi connectivity index (χ1) is 14.3. The maximum absolute atomic E-state index is 12.6. The smallest absolute Gasteiger partial charge is 0.222 e. The lowest BCUT2D eigenvalue weighted by Crippen LogP contribution is -2.39. The molecular formula is C24H28N4O. The van der Waals surface area contributed by atoms with Gasteiger partial charge in [0.25, 0.3) is 0 Å². The van der Waals surface area contributed by atoms with Crippen LogP contribution in [0.5, 0.6) is 0 Å². The standard InChI is InChI=1S/C24H28N4O/c29-24(12-11-20-7-3-1-4-8-20)27-15-13-21(14-16-27)17-23-26-25-19-28(23)18-22-9-5-2-6-10-22/h1-10,19,21H,11-18H2. The Morgan fingerprint density at radius 3 is 2.28 bits per heavy atom. The molecule has 1 fully saturated rings. The van der Waals surface area contributed by atoms with E-state index in [1.54, 1.807) is 0 Å². The molecule has 0 aliphatic carbocycles. The van der Waals surface area contributed by atoms with Gasteiger partial charge in [-0.2, -0.15) is 0 Å². The third-order valence-corrected chi connectivity index (χ3v) is 5.80. The molecule has 0 N–H and O–H groups in total. The molecule has 1 aliphatic rings. The van der Waals surface area contributed by atoms with Crippen LogP contribution in [0.3, 0.4) is 0 Å². The number of aryl methyl sites for hydroxylation is 1. The monoisotopic (exact) mass is 388 g/mol. The van der Waals surface area contributed by atoms with E-state index < -0.39 is 0 Å². The Labute approximate surface area is 172 Å². The second-order valence-electron chi connectivity index (χ2n) is 7.87. The van der Waals surface area contributed by atoms with Crippen LogP contribution in [0, 0.1) is 5.92 Å². The second kappa shape index (κ2) is 9.50. The highest BCUT2D eigenvalue weighted by Crippen LogP contribution is 2.22. The normalized spacial score (nSPS) is 14.8. The maximum Gasteiger partial charge on any atom is 0.222 e. The average Bonchev–Trinajstić information content (AvgIpc) is 3.20. The van der Waals surface area contributed by atoms with E-state index in [0.717, 1.165) is 51.1 Å². The largest absolute Gasteiger partial charge is 0.343 e. The van der Waals surface area contributed by atoms with Gasteiger partial charge in [-0.1, -0.05) is 60.7 Å². The van der Waals surface area contributed by atoms with Gasteiger partial charge in [-0.05, 0) is 36.3 Å². The number of nitrogens with zero attached hydrogens (tertiary/aromatic N) is 4. The highest BCUT2D eigenvalue weighted by molar-refractivity contribution is 5.76. The van der Waals surface area contributed by atoms with Gasteiger partial charge in [-0.25, -0.2) is 0 Å². The van der Waals surface area contributed by atoms with E-state index in [1.165, 1.54) is 11.1 Å². The van der Waals surface area contributed by atoms with Crippen molar-refractivity contribution in [1.82, 2.24) is 19.7 Å². The molecule has 2 heterocycles. The molecule has 0 spiro atoms. The third-order valence-electron chi connectivity index (χ3n) is 5.80. The van der Waals surface area contributed by atoms with Crippen molar-refractivity contribution in [3.8, 4) is 0 Å². The Balaban J connectivity index is 1.25. The Bertz CT molecular complexity index is 899. The summed E-state index contributed by atoms with van der Waals surface area (Å²) in [6.07, 6.45) is 6.25. The van der Waals surface area contributed by atoms with Crippen LogP contribution in [0.25, 0.3) is 0 Å². The predicted molar refractivity (Wildman–Crippen MR) is 113 cm³/mol. The summed E-state index contributed by atoms with van der Waals surface area (Å²) in [6.45, 7) is 2.51. The molecule has 0 unspecified atom stereocenters. The summed E-state index contributed by atoms with van der Waals surface area (Å²) in [5, 5.41) is 8.48. The molecular weight excluding hydrogens is 360 g/mol.